The highest BCUT2D eigenvalue weighted by Gasteiger charge is 2.12. The van der Waals surface area contributed by atoms with Crippen LogP contribution in [0.4, 0.5) is 0 Å². The molecule has 0 radical (unpaired) electrons. The third-order valence-corrected chi connectivity index (χ3v) is 3.34. The van der Waals surface area contributed by atoms with Crippen molar-refractivity contribution in [1.29, 1.82) is 0 Å². The van der Waals surface area contributed by atoms with Gasteiger partial charge in [-0.25, -0.2) is 4.98 Å². The molecule has 0 saturated heterocycles. The lowest BCUT2D eigenvalue weighted by Gasteiger charge is -2.08. The molecular weight excluding hydrogens is 279 g/mol. The predicted octanol–water partition coefficient (Wildman–Crippen LogP) is 4.85. The molecule has 0 amide bonds. The van der Waals surface area contributed by atoms with E-state index in [0.717, 1.165) is 17.1 Å². The highest BCUT2D eigenvalue weighted by molar-refractivity contribution is 6.33. The minimum atomic E-state index is 0.443. The van der Waals surface area contributed by atoms with Crippen molar-refractivity contribution in [2.75, 3.05) is 0 Å². The first kappa shape index (κ1) is 12.3. The molecule has 4 heteroatoms. The van der Waals surface area contributed by atoms with Crippen molar-refractivity contribution in [1.82, 2.24) is 9.55 Å². The monoisotopic (exact) mass is 288 g/mol. The van der Waals surface area contributed by atoms with Crippen molar-refractivity contribution < 1.29 is 0 Å². The quantitative estimate of drug-likeness (QED) is 0.659. The topological polar surface area (TPSA) is 17.8 Å². The zero-order chi connectivity index (χ0) is 13.2. The summed E-state index contributed by atoms with van der Waals surface area (Å²) in [5.41, 5.74) is 1.86. The van der Waals surface area contributed by atoms with Crippen molar-refractivity contribution in [2.24, 2.45) is 0 Å². The summed E-state index contributed by atoms with van der Waals surface area (Å²) in [4.78, 5) is 4.36. The van der Waals surface area contributed by atoms with Gasteiger partial charge in [-0.2, -0.15) is 0 Å². The maximum absolute atomic E-state index is 6.23. The highest BCUT2D eigenvalue weighted by atomic mass is 35.5. The lowest BCUT2D eigenvalue weighted by Crippen LogP contribution is -1.96. The molecule has 0 aliphatic heterocycles. The first-order valence-corrected chi connectivity index (χ1v) is 6.56. The number of rotatable bonds is 2. The third-order valence-electron chi connectivity index (χ3n) is 2.83. The summed E-state index contributed by atoms with van der Waals surface area (Å²) in [6, 6.07) is 17.5. The van der Waals surface area contributed by atoms with Gasteiger partial charge in [-0.15, -0.1) is 0 Å². The largest absolute Gasteiger partial charge is 0.298 e. The van der Waals surface area contributed by atoms with Gasteiger partial charge in [0.2, 0.25) is 0 Å². The van der Waals surface area contributed by atoms with E-state index in [2.05, 4.69) is 4.98 Å². The molecule has 0 unspecified atom stereocenters. The molecule has 3 aromatic rings. The third kappa shape index (κ3) is 2.37. The lowest BCUT2D eigenvalue weighted by molar-refractivity contribution is 1.07. The van der Waals surface area contributed by atoms with Crippen molar-refractivity contribution in [3.05, 3.63) is 71.0 Å². The van der Waals surface area contributed by atoms with Gasteiger partial charge < -0.3 is 0 Å². The van der Waals surface area contributed by atoms with Crippen LogP contribution in [0.15, 0.2) is 60.8 Å². The summed E-state index contributed by atoms with van der Waals surface area (Å²) in [5, 5.41) is 1.10. The lowest BCUT2D eigenvalue weighted by atomic mass is 10.2. The Bertz CT molecular complexity index is 705. The molecule has 94 valence electrons. The van der Waals surface area contributed by atoms with E-state index in [-0.39, 0.29) is 0 Å². The maximum Gasteiger partial charge on any atom is 0.148 e. The summed E-state index contributed by atoms with van der Waals surface area (Å²) in [6.07, 6.45) is 1.79. The molecular formula is C15H10Cl2N2. The van der Waals surface area contributed by atoms with Gasteiger partial charge in [0, 0.05) is 17.4 Å². The van der Waals surface area contributed by atoms with Crippen molar-refractivity contribution in [3.63, 3.8) is 0 Å². The number of hydrogen-bond donors (Lipinski definition) is 0. The van der Waals surface area contributed by atoms with E-state index in [9.17, 15) is 0 Å². The van der Waals surface area contributed by atoms with Crippen LogP contribution in [-0.2, 0) is 0 Å². The number of aromatic nitrogens is 2. The van der Waals surface area contributed by atoms with Crippen LogP contribution in [0.1, 0.15) is 0 Å². The second-order valence-corrected chi connectivity index (χ2v) is 4.87. The first-order chi connectivity index (χ1) is 9.25. The number of imidazole rings is 1. The summed E-state index contributed by atoms with van der Waals surface area (Å²) in [7, 11) is 0. The molecule has 0 spiro atoms. The molecule has 1 aromatic heterocycles. The molecule has 0 atom stereocenters. The molecule has 19 heavy (non-hydrogen) atoms. The number of nitrogens with zero attached hydrogens (tertiary/aromatic N) is 2. The van der Waals surface area contributed by atoms with Gasteiger partial charge in [0.15, 0.2) is 0 Å². The molecule has 2 nitrogen and oxygen atoms in total. The summed E-state index contributed by atoms with van der Waals surface area (Å²) in [6.45, 7) is 0. The van der Waals surface area contributed by atoms with E-state index in [0.29, 0.717) is 10.2 Å². The molecule has 3 rings (SSSR count). The van der Waals surface area contributed by atoms with Crippen LogP contribution in [-0.4, -0.2) is 9.55 Å². The zero-order valence-electron chi connectivity index (χ0n) is 9.92. The number of halogens is 2. The Balaban J connectivity index is 2.21. The second-order valence-electron chi connectivity index (χ2n) is 4.07. The Hall–Kier alpha value is -1.77. The van der Waals surface area contributed by atoms with Crippen LogP contribution >= 0.6 is 23.2 Å². The van der Waals surface area contributed by atoms with Gasteiger partial charge in [0.05, 0.1) is 5.02 Å². The van der Waals surface area contributed by atoms with Gasteiger partial charge in [-0.1, -0.05) is 53.5 Å². The molecule has 0 fully saturated rings. The van der Waals surface area contributed by atoms with Gasteiger partial charge in [-0.3, -0.25) is 4.57 Å². The van der Waals surface area contributed by atoms with Gasteiger partial charge in [0.25, 0.3) is 0 Å². The molecule has 2 aromatic carbocycles. The molecule has 0 N–H and O–H groups in total. The Morgan fingerprint density at radius 2 is 1.53 bits per heavy atom. The maximum atomic E-state index is 6.23. The van der Waals surface area contributed by atoms with Crippen molar-refractivity contribution in [3.8, 4) is 17.1 Å². The molecule has 0 aliphatic carbocycles. The molecule has 0 bridgehead atoms. The van der Waals surface area contributed by atoms with Crippen LogP contribution in [0.25, 0.3) is 17.1 Å². The van der Waals surface area contributed by atoms with Gasteiger partial charge in [0.1, 0.15) is 11.0 Å². The standard InChI is InChI=1S/C15H10Cl2N2/c16-13-9-5-4-8-12(13)15-18-14(17)10-19(15)11-6-2-1-3-7-11/h1-10H. The average Bonchev–Trinajstić information content (AvgIpc) is 2.82. The Morgan fingerprint density at radius 3 is 2.26 bits per heavy atom. The fraction of sp³-hybridized carbons (Fsp3) is 0. The minimum absolute atomic E-state index is 0.443. The smallest absolute Gasteiger partial charge is 0.148 e. The van der Waals surface area contributed by atoms with Crippen LogP contribution in [0.3, 0.4) is 0 Å². The Kier molecular flexibility index (Phi) is 3.28. The van der Waals surface area contributed by atoms with Crippen molar-refractivity contribution in [2.45, 2.75) is 0 Å². The van der Waals surface area contributed by atoms with Crippen LogP contribution in [0.5, 0.6) is 0 Å². The minimum Gasteiger partial charge on any atom is -0.298 e. The number of para-hydroxylation sites is 1. The van der Waals surface area contributed by atoms with E-state index < -0.39 is 0 Å². The molecule has 0 aliphatic rings. The van der Waals surface area contributed by atoms with Crippen LogP contribution in [0, 0.1) is 0 Å². The van der Waals surface area contributed by atoms with Crippen LogP contribution < -0.4 is 0 Å². The Morgan fingerprint density at radius 1 is 0.842 bits per heavy atom. The van der Waals surface area contributed by atoms with E-state index in [1.165, 1.54) is 0 Å². The first-order valence-electron chi connectivity index (χ1n) is 5.81. The number of hydrogen-bond acceptors (Lipinski definition) is 1. The summed E-state index contributed by atoms with van der Waals surface area (Å²) >= 11 is 12.3. The SMILES string of the molecule is Clc1cn(-c2ccccc2)c(-c2ccccc2Cl)n1. The van der Waals surface area contributed by atoms with Gasteiger partial charge >= 0.3 is 0 Å². The normalized spacial score (nSPS) is 10.6. The van der Waals surface area contributed by atoms with Crippen LogP contribution in [0.2, 0.25) is 10.2 Å². The fourth-order valence-corrected chi connectivity index (χ4v) is 2.37. The van der Waals surface area contributed by atoms with Gasteiger partial charge in [-0.05, 0) is 24.3 Å². The van der Waals surface area contributed by atoms with E-state index in [4.69, 9.17) is 23.2 Å². The predicted molar refractivity (Wildman–Crippen MR) is 79.0 cm³/mol. The second kappa shape index (κ2) is 5.08. The van der Waals surface area contributed by atoms with E-state index >= 15 is 0 Å². The fourth-order valence-electron chi connectivity index (χ4n) is 1.97. The van der Waals surface area contributed by atoms with E-state index in [1.54, 1.807) is 6.20 Å². The number of benzene rings is 2. The zero-order valence-corrected chi connectivity index (χ0v) is 11.4. The van der Waals surface area contributed by atoms with Crippen molar-refractivity contribution >= 4 is 23.2 Å². The summed E-state index contributed by atoms with van der Waals surface area (Å²) < 4.78 is 1.93. The molecule has 0 saturated carbocycles. The highest BCUT2D eigenvalue weighted by Crippen LogP contribution is 2.30. The summed E-state index contributed by atoms with van der Waals surface area (Å²) in [5.74, 6) is 0.738. The Labute approximate surface area is 121 Å². The van der Waals surface area contributed by atoms with E-state index in [1.807, 2.05) is 59.2 Å². The molecule has 1 heterocycles. The average molecular weight is 289 g/mol.